The summed E-state index contributed by atoms with van der Waals surface area (Å²) in [5, 5.41) is 0. The first-order valence-electron chi connectivity index (χ1n) is 4.74. The maximum atomic E-state index is 3.43. The van der Waals surface area contributed by atoms with Crippen molar-refractivity contribution in [1.82, 2.24) is 0 Å². The van der Waals surface area contributed by atoms with Gasteiger partial charge < -0.3 is 24.8 Å². The standard InChI is InChI=1S/C11H15.2ClH.Zr/c1-2-6-10(7-3-1)11-8-4-5-9-11;;;/h4,8,10H,1-3,5-7H2;2*1H;/q-1;;;+3/p-2. The van der Waals surface area contributed by atoms with E-state index in [1.54, 1.807) is 0 Å². The molecule has 0 N–H and O–H groups in total. The molecule has 0 heterocycles. The Kier molecular flexibility index (Phi) is 11.4. The molecule has 1 radical (unpaired) electrons. The van der Waals surface area contributed by atoms with Gasteiger partial charge in [0.05, 0.1) is 0 Å². The third-order valence-electron chi connectivity index (χ3n) is 2.77. The van der Waals surface area contributed by atoms with Crippen molar-refractivity contribution < 1.29 is 51.0 Å². The second-order valence-electron chi connectivity index (χ2n) is 3.57. The first kappa shape index (κ1) is 17.3. The van der Waals surface area contributed by atoms with Gasteiger partial charge in [-0.1, -0.05) is 19.3 Å². The minimum atomic E-state index is 0. The van der Waals surface area contributed by atoms with Crippen LogP contribution >= 0.6 is 0 Å². The van der Waals surface area contributed by atoms with Crippen LogP contribution in [-0.2, 0) is 26.2 Å². The summed E-state index contributed by atoms with van der Waals surface area (Å²) < 4.78 is 0. The van der Waals surface area contributed by atoms with Gasteiger partial charge in [-0.2, -0.15) is 6.08 Å². The average Bonchev–Trinajstić information content (AvgIpc) is 2.58. The average molecular weight is 309 g/mol. The number of hydrogen-bond acceptors (Lipinski definition) is 0. The molecular weight excluding hydrogens is 294 g/mol. The van der Waals surface area contributed by atoms with E-state index in [1.165, 1.54) is 37.7 Å². The predicted octanol–water partition coefficient (Wildman–Crippen LogP) is -2.74. The Morgan fingerprint density at radius 1 is 1.07 bits per heavy atom. The van der Waals surface area contributed by atoms with Crippen LogP contribution in [0.1, 0.15) is 38.5 Å². The van der Waals surface area contributed by atoms with Crippen molar-refractivity contribution in [3.8, 4) is 0 Å². The van der Waals surface area contributed by atoms with Crippen LogP contribution in [0.5, 0.6) is 0 Å². The first-order chi connectivity index (χ1) is 5.47. The Bertz CT molecular complexity index is 193. The van der Waals surface area contributed by atoms with Crippen molar-refractivity contribution in [2.75, 3.05) is 0 Å². The molecule has 3 heteroatoms. The molecule has 0 aromatic heterocycles. The monoisotopic (exact) mass is 307 g/mol. The molecule has 2 aliphatic rings. The van der Waals surface area contributed by atoms with Gasteiger partial charge in [-0.15, -0.1) is 6.42 Å². The molecule has 77 valence electrons. The van der Waals surface area contributed by atoms with Gasteiger partial charge in [0.25, 0.3) is 0 Å². The molecule has 0 unspecified atom stereocenters. The Labute approximate surface area is 119 Å². The normalized spacial score (nSPS) is 20.1. The van der Waals surface area contributed by atoms with Crippen LogP contribution in [0.3, 0.4) is 0 Å². The molecule has 2 rings (SSSR count). The van der Waals surface area contributed by atoms with Crippen molar-refractivity contribution in [2.45, 2.75) is 38.5 Å². The van der Waals surface area contributed by atoms with Gasteiger partial charge in [0.1, 0.15) is 0 Å². The summed E-state index contributed by atoms with van der Waals surface area (Å²) in [6.45, 7) is 0. The fourth-order valence-electron chi connectivity index (χ4n) is 2.12. The molecule has 0 saturated heterocycles. The van der Waals surface area contributed by atoms with Gasteiger partial charge in [-0.25, -0.2) is 11.6 Å². The number of hydrogen-bond donors (Lipinski definition) is 0. The maximum absolute atomic E-state index is 3.43. The summed E-state index contributed by atoms with van der Waals surface area (Å²) in [5.74, 6) is 0.863. The molecular formula is C11H15Cl2Zr. The quantitative estimate of drug-likeness (QED) is 0.461. The maximum Gasteiger partial charge on any atom is 3.00 e. The Morgan fingerprint density at radius 3 is 2.21 bits per heavy atom. The molecule has 0 nitrogen and oxygen atoms in total. The minimum absolute atomic E-state index is 0. The zero-order valence-corrected chi connectivity index (χ0v) is 12.2. The van der Waals surface area contributed by atoms with Crippen molar-refractivity contribution in [1.29, 1.82) is 0 Å². The molecule has 1 saturated carbocycles. The van der Waals surface area contributed by atoms with Crippen LogP contribution in [0.25, 0.3) is 0 Å². The molecule has 14 heavy (non-hydrogen) atoms. The summed E-state index contributed by atoms with van der Waals surface area (Å²) in [5.41, 5.74) is 1.50. The Balaban J connectivity index is 0. The zero-order valence-electron chi connectivity index (χ0n) is 8.23. The van der Waals surface area contributed by atoms with Crippen molar-refractivity contribution in [3.05, 3.63) is 23.8 Å². The molecule has 0 aromatic carbocycles. The van der Waals surface area contributed by atoms with Gasteiger partial charge in [0.15, 0.2) is 0 Å². The van der Waals surface area contributed by atoms with Gasteiger partial charge in [-0.3, -0.25) is 6.08 Å². The van der Waals surface area contributed by atoms with Crippen LogP contribution in [0.2, 0.25) is 0 Å². The van der Waals surface area contributed by atoms with Crippen LogP contribution in [0.4, 0.5) is 0 Å². The molecule has 0 spiro atoms. The van der Waals surface area contributed by atoms with E-state index in [0.29, 0.717) is 0 Å². The number of halogens is 2. The SMILES string of the molecule is [C-]1=C(C2CCCCC2)C=CC1.[Cl-].[Cl-].[Zr+3]. The molecule has 0 bridgehead atoms. The molecule has 0 aromatic rings. The van der Waals surface area contributed by atoms with E-state index in [-0.39, 0.29) is 51.0 Å². The van der Waals surface area contributed by atoms with E-state index in [4.69, 9.17) is 0 Å². The van der Waals surface area contributed by atoms with E-state index < -0.39 is 0 Å². The molecule has 0 amide bonds. The third-order valence-corrected chi connectivity index (χ3v) is 2.77. The van der Waals surface area contributed by atoms with E-state index in [2.05, 4.69) is 18.2 Å². The second kappa shape index (κ2) is 9.19. The van der Waals surface area contributed by atoms with E-state index in [1.807, 2.05) is 0 Å². The third kappa shape index (κ3) is 4.64. The van der Waals surface area contributed by atoms with Crippen LogP contribution in [0.15, 0.2) is 17.7 Å². The van der Waals surface area contributed by atoms with E-state index >= 15 is 0 Å². The summed E-state index contributed by atoms with van der Waals surface area (Å²) in [7, 11) is 0. The van der Waals surface area contributed by atoms with Crippen molar-refractivity contribution in [3.63, 3.8) is 0 Å². The summed E-state index contributed by atoms with van der Waals surface area (Å²) in [6, 6.07) is 0. The topological polar surface area (TPSA) is 0 Å². The molecule has 2 aliphatic carbocycles. The smallest absolute Gasteiger partial charge is 1.00 e. The first-order valence-corrected chi connectivity index (χ1v) is 4.74. The number of rotatable bonds is 1. The van der Waals surface area contributed by atoms with Crippen molar-refractivity contribution >= 4 is 0 Å². The van der Waals surface area contributed by atoms with Crippen molar-refractivity contribution in [2.24, 2.45) is 5.92 Å². The van der Waals surface area contributed by atoms with Gasteiger partial charge in [-0.05, 0) is 18.8 Å². The van der Waals surface area contributed by atoms with E-state index in [9.17, 15) is 0 Å². The van der Waals surface area contributed by atoms with Crippen LogP contribution in [0, 0.1) is 12.0 Å². The molecule has 1 fully saturated rings. The van der Waals surface area contributed by atoms with Crippen LogP contribution < -0.4 is 24.8 Å². The zero-order chi connectivity index (χ0) is 7.52. The van der Waals surface area contributed by atoms with E-state index in [0.717, 1.165) is 12.3 Å². The summed E-state index contributed by atoms with van der Waals surface area (Å²) >= 11 is 0. The minimum Gasteiger partial charge on any atom is -1.00 e. The molecule has 0 aliphatic heterocycles. The predicted molar refractivity (Wildman–Crippen MR) is 47.1 cm³/mol. The van der Waals surface area contributed by atoms with Gasteiger partial charge >= 0.3 is 26.2 Å². The molecule has 0 atom stereocenters. The summed E-state index contributed by atoms with van der Waals surface area (Å²) in [4.78, 5) is 0. The summed E-state index contributed by atoms with van der Waals surface area (Å²) in [6.07, 6.45) is 16.1. The fraction of sp³-hybridized carbons (Fsp3) is 0.636. The van der Waals surface area contributed by atoms with Gasteiger partial charge in [0.2, 0.25) is 0 Å². The van der Waals surface area contributed by atoms with Gasteiger partial charge in [0, 0.05) is 0 Å². The van der Waals surface area contributed by atoms with Crippen LogP contribution in [-0.4, -0.2) is 0 Å². The second-order valence-corrected chi connectivity index (χ2v) is 3.57. The Hall–Kier alpha value is 0.943. The number of allylic oxidation sites excluding steroid dienone is 4. The Morgan fingerprint density at radius 2 is 1.71 bits per heavy atom. The fourth-order valence-corrected chi connectivity index (χ4v) is 2.12. The largest absolute Gasteiger partial charge is 3.00 e.